The molecule has 0 saturated carbocycles. The Labute approximate surface area is 204 Å². The lowest BCUT2D eigenvalue weighted by Crippen LogP contribution is -2.22. The average Bonchev–Trinajstić information content (AvgIpc) is 2.84. The molecule has 0 radical (unpaired) electrons. The Morgan fingerprint density at radius 3 is 2.20 bits per heavy atom. The van der Waals surface area contributed by atoms with Crippen molar-refractivity contribution in [1.29, 1.82) is 0 Å². The summed E-state index contributed by atoms with van der Waals surface area (Å²) in [6.45, 7) is 1.36. The first-order chi connectivity index (χ1) is 16.5. The van der Waals surface area contributed by atoms with Crippen LogP contribution < -0.4 is 24.2 Å². The second kappa shape index (κ2) is 10.8. The zero-order chi connectivity index (χ0) is 25.6. The van der Waals surface area contributed by atoms with Gasteiger partial charge in [0.05, 0.1) is 22.6 Å². The molecule has 0 aliphatic carbocycles. The molecule has 0 heterocycles. The largest absolute Gasteiger partial charge is 0.497 e. The van der Waals surface area contributed by atoms with E-state index in [-0.39, 0.29) is 22.1 Å². The van der Waals surface area contributed by atoms with Crippen LogP contribution >= 0.6 is 0 Å². The van der Waals surface area contributed by atoms with E-state index >= 15 is 0 Å². The van der Waals surface area contributed by atoms with E-state index in [2.05, 4.69) is 14.8 Å². The smallest absolute Gasteiger partial charge is 0.262 e. The summed E-state index contributed by atoms with van der Waals surface area (Å²) in [5, 5.41) is 2.62. The lowest BCUT2D eigenvalue weighted by molar-refractivity contribution is -0.118. The van der Waals surface area contributed by atoms with Gasteiger partial charge in [0.25, 0.3) is 15.9 Å². The number of hydrogen-bond donors (Lipinski definition) is 3. The summed E-state index contributed by atoms with van der Waals surface area (Å²) in [6, 6.07) is 16.5. The van der Waals surface area contributed by atoms with Crippen LogP contribution in [-0.4, -0.2) is 43.5 Å². The third kappa shape index (κ3) is 6.72. The third-order valence-electron chi connectivity index (χ3n) is 4.89. The van der Waals surface area contributed by atoms with Crippen molar-refractivity contribution in [3.8, 4) is 11.5 Å². The fourth-order valence-electron chi connectivity index (χ4n) is 2.97. The Balaban J connectivity index is 1.62. The first kappa shape index (κ1) is 26.0. The molecular weight excluding hydrogens is 494 g/mol. The number of amides is 1. The maximum atomic E-state index is 12.6. The Hall–Kier alpha value is -3.61. The van der Waals surface area contributed by atoms with E-state index in [9.17, 15) is 21.6 Å². The van der Waals surface area contributed by atoms with Gasteiger partial charge in [-0.05, 0) is 68.1 Å². The number of rotatable bonds is 10. The molecule has 10 nitrogen and oxygen atoms in total. The summed E-state index contributed by atoms with van der Waals surface area (Å²) >= 11 is 0. The van der Waals surface area contributed by atoms with Crippen molar-refractivity contribution in [2.45, 2.75) is 16.7 Å². The summed E-state index contributed by atoms with van der Waals surface area (Å²) in [4.78, 5) is 12.4. The number of hydrogen-bond acceptors (Lipinski definition) is 7. The van der Waals surface area contributed by atoms with E-state index in [1.54, 1.807) is 37.3 Å². The number of carbonyl (C=O) groups is 1. The average molecular weight is 520 g/mol. The van der Waals surface area contributed by atoms with Gasteiger partial charge in [-0.25, -0.2) is 21.6 Å². The van der Waals surface area contributed by atoms with Crippen LogP contribution in [0.3, 0.4) is 0 Å². The summed E-state index contributed by atoms with van der Waals surface area (Å²) in [5.74, 6) is 0.282. The van der Waals surface area contributed by atoms with Crippen LogP contribution in [-0.2, 0) is 24.8 Å². The summed E-state index contributed by atoms with van der Waals surface area (Å²) in [6.07, 6.45) is 0. The molecule has 12 heteroatoms. The molecule has 3 rings (SSSR count). The highest BCUT2D eigenvalue weighted by Gasteiger charge is 2.16. The molecule has 3 aromatic rings. The zero-order valence-corrected chi connectivity index (χ0v) is 20.9. The van der Waals surface area contributed by atoms with Gasteiger partial charge in [0.2, 0.25) is 10.0 Å². The first-order valence-corrected chi connectivity index (χ1v) is 13.2. The normalized spacial score (nSPS) is 11.5. The highest BCUT2D eigenvalue weighted by atomic mass is 32.2. The highest BCUT2D eigenvalue weighted by molar-refractivity contribution is 7.92. The molecule has 0 aliphatic heterocycles. The maximum Gasteiger partial charge on any atom is 0.262 e. The number of methoxy groups -OCH3 is 1. The van der Waals surface area contributed by atoms with Gasteiger partial charge in [-0.1, -0.05) is 12.1 Å². The van der Waals surface area contributed by atoms with Crippen molar-refractivity contribution in [3.05, 3.63) is 72.3 Å². The molecule has 3 aromatic carbocycles. The van der Waals surface area contributed by atoms with Gasteiger partial charge in [0.15, 0.2) is 6.61 Å². The van der Waals surface area contributed by atoms with E-state index in [0.29, 0.717) is 22.7 Å². The van der Waals surface area contributed by atoms with Gasteiger partial charge < -0.3 is 14.8 Å². The predicted molar refractivity (Wildman–Crippen MR) is 132 cm³/mol. The first-order valence-electron chi connectivity index (χ1n) is 10.3. The lowest BCUT2D eigenvalue weighted by atomic mass is 10.2. The predicted octanol–water partition coefficient (Wildman–Crippen LogP) is 2.73. The second-order valence-electron chi connectivity index (χ2n) is 7.33. The van der Waals surface area contributed by atoms with Crippen LogP contribution in [0.1, 0.15) is 5.56 Å². The van der Waals surface area contributed by atoms with Crippen LogP contribution in [0.25, 0.3) is 0 Å². The molecule has 0 unspecified atom stereocenters. The topological polar surface area (TPSA) is 140 Å². The van der Waals surface area contributed by atoms with E-state index < -0.39 is 26.0 Å². The van der Waals surface area contributed by atoms with Gasteiger partial charge in [0, 0.05) is 11.8 Å². The van der Waals surface area contributed by atoms with Crippen LogP contribution in [0.4, 0.5) is 11.4 Å². The Morgan fingerprint density at radius 2 is 1.54 bits per heavy atom. The van der Waals surface area contributed by atoms with Crippen molar-refractivity contribution in [2.24, 2.45) is 0 Å². The van der Waals surface area contributed by atoms with Crippen molar-refractivity contribution in [3.63, 3.8) is 0 Å². The maximum absolute atomic E-state index is 12.6. The number of nitrogens with one attached hydrogen (secondary N) is 3. The minimum atomic E-state index is -3.84. The van der Waals surface area contributed by atoms with Gasteiger partial charge in [0.1, 0.15) is 11.5 Å². The standard InChI is InChI=1S/C23H25N3O7S2/c1-16-7-10-21(34(28,29)24-2)14-22(16)25-23(27)15-33-18-8-11-20(12-9-18)35(30,31)26-17-5-4-6-19(13-17)32-3/h4-14,24,26H,15H2,1-3H3,(H,25,27). The van der Waals surface area contributed by atoms with E-state index in [0.717, 1.165) is 0 Å². The molecule has 0 spiro atoms. The molecular formula is C23H25N3O7S2. The second-order valence-corrected chi connectivity index (χ2v) is 10.9. The number of benzene rings is 3. The molecule has 0 atom stereocenters. The molecule has 0 bridgehead atoms. The SMILES string of the molecule is CNS(=O)(=O)c1ccc(C)c(NC(=O)COc2ccc(S(=O)(=O)Nc3cccc(OC)c3)cc2)c1. The van der Waals surface area contributed by atoms with Crippen molar-refractivity contribution < 1.29 is 31.1 Å². The number of aryl methyl sites for hydroxylation is 1. The summed E-state index contributed by atoms with van der Waals surface area (Å²) < 4.78 is 64.5. The highest BCUT2D eigenvalue weighted by Crippen LogP contribution is 2.23. The molecule has 186 valence electrons. The Bertz CT molecular complexity index is 1420. The minimum absolute atomic E-state index is 0.00954. The Morgan fingerprint density at radius 1 is 0.857 bits per heavy atom. The lowest BCUT2D eigenvalue weighted by Gasteiger charge is -2.12. The van der Waals surface area contributed by atoms with Gasteiger partial charge in [-0.15, -0.1) is 0 Å². The molecule has 35 heavy (non-hydrogen) atoms. The van der Waals surface area contributed by atoms with Crippen LogP contribution in [0.15, 0.2) is 76.5 Å². The van der Waals surface area contributed by atoms with Gasteiger partial charge in [-0.3, -0.25) is 9.52 Å². The third-order valence-corrected chi connectivity index (χ3v) is 7.70. The molecule has 3 N–H and O–H groups in total. The summed E-state index contributed by atoms with van der Waals surface area (Å²) in [7, 11) is -4.72. The van der Waals surface area contributed by atoms with E-state index in [1.165, 1.54) is 50.6 Å². The quantitative estimate of drug-likeness (QED) is 0.374. The molecule has 0 fully saturated rings. The van der Waals surface area contributed by atoms with Crippen LogP contribution in [0.2, 0.25) is 0 Å². The van der Waals surface area contributed by atoms with Crippen molar-refractivity contribution >= 4 is 37.3 Å². The number of carbonyl (C=O) groups excluding carboxylic acids is 1. The minimum Gasteiger partial charge on any atom is -0.497 e. The number of sulfonamides is 2. The van der Waals surface area contributed by atoms with Crippen molar-refractivity contribution in [2.75, 3.05) is 30.8 Å². The zero-order valence-electron chi connectivity index (χ0n) is 19.2. The van der Waals surface area contributed by atoms with Crippen LogP contribution in [0.5, 0.6) is 11.5 Å². The molecule has 0 saturated heterocycles. The van der Waals surface area contributed by atoms with E-state index in [1.807, 2.05) is 0 Å². The number of ether oxygens (including phenoxy) is 2. The van der Waals surface area contributed by atoms with Gasteiger partial charge in [-0.2, -0.15) is 0 Å². The van der Waals surface area contributed by atoms with Crippen molar-refractivity contribution in [1.82, 2.24) is 4.72 Å². The molecule has 0 aliphatic rings. The fourth-order valence-corrected chi connectivity index (χ4v) is 4.78. The van der Waals surface area contributed by atoms with Gasteiger partial charge >= 0.3 is 0 Å². The number of anilines is 2. The van der Waals surface area contributed by atoms with E-state index in [4.69, 9.17) is 9.47 Å². The molecule has 0 aromatic heterocycles. The fraction of sp³-hybridized carbons (Fsp3) is 0.174. The molecule has 1 amide bonds. The Kier molecular flexibility index (Phi) is 7.99. The summed E-state index contributed by atoms with van der Waals surface area (Å²) in [5.41, 5.74) is 1.36. The van der Waals surface area contributed by atoms with Crippen LogP contribution in [0, 0.1) is 6.92 Å². The monoisotopic (exact) mass is 519 g/mol.